The summed E-state index contributed by atoms with van der Waals surface area (Å²) in [6.07, 6.45) is 0. The predicted molar refractivity (Wildman–Crippen MR) is 165 cm³/mol. The van der Waals surface area contributed by atoms with E-state index in [1.807, 2.05) is 54.6 Å². The van der Waals surface area contributed by atoms with Gasteiger partial charge in [0.25, 0.3) is 0 Å². The van der Waals surface area contributed by atoms with E-state index in [0.717, 1.165) is 16.3 Å². The number of para-hydroxylation sites is 1. The molecule has 39 heavy (non-hydrogen) atoms. The van der Waals surface area contributed by atoms with E-state index in [1.54, 1.807) is 18.2 Å². The Kier molecular flexibility index (Phi) is 2.92. The monoisotopic (exact) mass is 508 g/mol. The third-order valence-electron chi connectivity index (χ3n) is 7.01. The van der Waals surface area contributed by atoms with E-state index in [0.29, 0.717) is 27.5 Å². The molecule has 0 radical (unpaired) electrons. The lowest BCUT2D eigenvalue weighted by atomic mass is 9.85. The molecule has 1 aromatic heterocycles. The van der Waals surface area contributed by atoms with Crippen LogP contribution in [0.15, 0.2) is 150 Å². The maximum absolute atomic E-state index is 9.38. The van der Waals surface area contributed by atoms with Gasteiger partial charge in [0.1, 0.15) is 11.2 Å². The van der Waals surface area contributed by atoms with Crippen LogP contribution in [0.1, 0.15) is 16.4 Å². The van der Waals surface area contributed by atoms with Gasteiger partial charge in [-0.05, 0) is 79.1 Å². The minimum atomic E-state index is -0.501. The van der Waals surface area contributed by atoms with Crippen molar-refractivity contribution in [3.05, 3.63) is 145 Å². The van der Waals surface area contributed by atoms with Gasteiger partial charge in [-0.1, -0.05) is 121 Å². The van der Waals surface area contributed by atoms with Crippen LogP contribution >= 0.6 is 0 Å². The quantitative estimate of drug-likeness (QED) is 0.216. The van der Waals surface area contributed by atoms with E-state index in [-0.39, 0.29) is 63.3 Å². The third-order valence-corrected chi connectivity index (χ3v) is 7.01. The minimum absolute atomic E-state index is 0.0227. The topological polar surface area (TPSA) is 13.1 Å². The van der Waals surface area contributed by atoms with Crippen molar-refractivity contribution < 1.29 is 20.9 Å². The summed E-state index contributed by atoms with van der Waals surface area (Å²) in [4.78, 5) is 0. The van der Waals surface area contributed by atoms with Gasteiger partial charge in [0.05, 0.1) is 16.4 Å². The maximum Gasteiger partial charge on any atom is 0.136 e. The average molecular weight is 509 g/mol. The van der Waals surface area contributed by atoms with Gasteiger partial charge >= 0.3 is 0 Å². The average Bonchev–Trinajstić information content (AvgIpc) is 3.55. The Hall–Kier alpha value is -5.14. The Morgan fingerprint density at radius 2 is 1.00 bits per heavy atom. The van der Waals surface area contributed by atoms with Gasteiger partial charge in [-0.3, -0.25) is 0 Å². The molecule has 1 nitrogen and oxygen atoms in total. The molecular weight excluding hydrogens is 472 g/mol. The summed E-state index contributed by atoms with van der Waals surface area (Å²) in [5.74, 6) is 0. The van der Waals surface area contributed by atoms with Crippen molar-refractivity contribution in [3.63, 3.8) is 0 Å². The summed E-state index contributed by atoms with van der Waals surface area (Å²) >= 11 is 0. The van der Waals surface area contributed by atoms with Gasteiger partial charge in [0.2, 0.25) is 0 Å². The highest BCUT2D eigenvalue weighted by Gasteiger charge is 2.18. The van der Waals surface area contributed by atoms with Crippen LogP contribution in [0.2, 0.25) is 0 Å². The van der Waals surface area contributed by atoms with E-state index in [1.165, 1.54) is 0 Å². The van der Waals surface area contributed by atoms with Crippen molar-refractivity contribution >= 4 is 43.5 Å². The molecule has 0 aliphatic carbocycles. The SMILES string of the molecule is [2H]c1c([2H])c([2H])c(-c2cccc(-c3c4ccccc4c(-c4c([2H])c([2H])c5c(oc6c([2H])c([2H])c([2H])c([2H])c65)c4[2H])c4ccccc34)c2)c([2H])c1[2H]. The van der Waals surface area contributed by atoms with E-state index < -0.39 is 42.3 Å². The van der Waals surface area contributed by atoms with Crippen LogP contribution in [0.25, 0.3) is 76.9 Å². The summed E-state index contributed by atoms with van der Waals surface area (Å²) < 4.78 is 108. The van der Waals surface area contributed by atoms with Gasteiger partial charge in [0, 0.05) is 10.8 Å². The van der Waals surface area contributed by atoms with Crippen LogP contribution < -0.4 is 0 Å². The van der Waals surface area contributed by atoms with Gasteiger partial charge in [-0.2, -0.15) is 0 Å². The van der Waals surface area contributed by atoms with Crippen LogP contribution in [0.4, 0.5) is 0 Å². The van der Waals surface area contributed by atoms with Crippen LogP contribution in [-0.2, 0) is 0 Å². The van der Waals surface area contributed by atoms with Crippen molar-refractivity contribution in [2.45, 2.75) is 0 Å². The number of rotatable bonds is 3. The molecule has 1 heteroatoms. The second kappa shape index (κ2) is 8.72. The third kappa shape index (κ3) is 3.48. The number of hydrogen-bond donors (Lipinski definition) is 0. The van der Waals surface area contributed by atoms with E-state index in [2.05, 4.69) is 0 Å². The highest BCUT2D eigenvalue weighted by Crippen LogP contribution is 2.45. The van der Waals surface area contributed by atoms with Gasteiger partial charge in [-0.15, -0.1) is 0 Å². The molecule has 182 valence electrons. The molecule has 0 atom stereocenters. The molecule has 0 unspecified atom stereocenters. The molecule has 0 bridgehead atoms. The summed E-state index contributed by atoms with van der Waals surface area (Å²) in [7, 11) is 0. The largest absolute Gasteiger partial charge is 0.456 e. The van der Waals surface area contributed by atoms with Crippen molar-refractivity contribution in [2.75, 3.05) is 0 Å². The zero-order chi connectivity index (χ0) is 36.2. The highest BCUT2D eigenvalue weighted by atomic mass is 16.3. The summed E-state index contributed by atoms with van der Waals surface area (Å²) in [6.45, 7) is 0. The van der Waals surface area contributed by atoms with Gasteiger partial charge in [-0.25, -0.2) is 0 Å². The molecule has 0 N–H and O–H groups in total. The van der Waals surface area contributed by atoms with E-state index in [4.69, 9.17) is 18.1 Å². The number of fused-ring (bicyclic) bond motifs is 5. The first-order valence-electron chi connectivity index (χ1n) is 18.4. The molecule has 0 fully saturated rings. The van der Waals surface area contributed by atoms with Crippen LogP contribution in [0, 0.1) is 0 Å². The zero-order valence-corrected chi connectivity index (χ0v) is 20.3. The Bertz CT molecular complexity index is 2750. The first-order valence-corrected chi connectivity index (χ1v) is 12.4. The Labute approximate surface area is 243 Å². The summed E-state index contributed by atoms with van der Waals surface area (Å²) in [5.41, 5.74) is 2.30. The van der Waals surface area contributed by atoms with Crippen LogP contribution in [0.3, 0.4) is 0 Å². The smallest absolute Gasteiger partial charge is 0.136 e. The molecule has 0 saturated carbocycles. The fourth-order valence-corrected chi connectivity index (χ4v) is 5.36. The second-order valence-electron chi connectivity index (χ2n) is 9.18. The summed E-state index contributed by atoms with van der Waals surface area (Å²) in [6, 6.07) is 17.3. The lowest BCUT2D eigenvalue weighted by molar-refractivity contribution is 0.669. The van der Waals surface area contributed by atoms with Crippen molar-refractivity contribution in [3.8, 4) is 33.4 Å². The molecule has 8 aromatic rings. The molecule has 0 saturated heterocycles. The molecule has 1 heterocycles. The van der Waals surface area contributed by atoms with Crippen molar-refractivity contribution in [2.24, 2.45) is 0 Å². The highest BCUT2D eigenvalue weighted by molar-refractivity contribution is 6.22. The molecular formula is C38H24O. The molecule has 0 aliphatic heterocycles. The molecule has 7 aromatic carbocycles. The minimum Gasteiger partial charge on any atom is -0.456 e. The van der Waals surface area contributed by atoms with Crippen molar-refractivity contribution in [1.82, 2.24) is 0 Å². The maximum atomic E-state index is 9.38. The lowest BCUT2D eigenvalue weighted by Crippen LogP contribution is -1.91. The molecule has 0 amide bonds. The van der Waals surface area contributed by atoms with E-state index in [9.17, 15) is 2.74 Å². The summed E-state index contributed by atoms with van der Waals surface area (Å²) in [5, 5.41) is 2.71. The van der Waals surface area contributed by atoms with Crippen LogP contribution in [-0.4, -0.2) is 0 Å². The van der Waals surface area contributed by atoms with Crippen molar-refractivity contribution in [1.29, 1.82) is 0 Å². The fraction of sp³-hybridized carbons (Fsp3) is 0. The van der Waals surface area contributed by atoms with Crippen LogP contribution in [0.5, 0.6) is 0 Å². The molecule has 0 aliphatic rings. The number of furan rings is 1. The van der Waals surface area contributed by atoms with Gasteiger partial charge < -0.3 is 4.42 Å². The first-order chi connectivity index (χ1) is 24.3. The predicted octanol–water partition coefficient (Wildman–Crippen LogP) is 10.9. The second-order valence-corrected chi connectivity index (χ2v) is 9.18. The normalized spacial score (nSPS) is 15.9. The van der Waals surface area contributed by atoms with Gasteiger partial charge in [0.15, 0.2) is 0 Å². The fourth-order valence-electron chi connectivity index (χ4n) is 5.36. The Balaban J connectivity index is 1.47. The molecule has 8 rings (SSSR count). The standard InChI is InChI=1S/C38H24O/c1-2-11-25(12-3-1)26-13-10-14-27(23-26)37-31-16-4-6-18-33(31)38(34-19-7-5-17-32(34)37)28-21-22-30-29-15-8-9-20-35(29)39-36(30)24-28/h1-24H/i1D,2D,3D,8D,9D,11D,12D,15D,20D,21D,22D,24D. The first kappa shape index (κ1) is 13.1. The lowest BCUT2D eigenvalue weighted by Gasteiger charge is -2.18. The number of hydrogen-bond acceptors (Lipinski definition) is 1. The van der Waals surface area contributed by atoms with E-state index >= 15 is 0 Å². The number of benzene rings is 7. The molecule has 0 spiro atoms. The Morgan fingerprint density at radius 3 is 1.72 bits per heavy atom. The Morgan fingerprint density at radius 1 is 0.410 bits per heavy atom. The zero-order valence-electron chi connectivity index (χ0n) is 32.3.